The number of fused-ring (bicyclic) bond motifs is 1. The molecule has 1 N–H and O–H groups in total. The zero-order chi connectivity index (χ0) is 9.42. The lowest BCUT2D eigenvalue weighted by molar-refractivity contribution is 0.487. The minimum absolute atomic E-state index is 0.262. The molecule has 0 unspecified atom stereocenters. The molecule has 0 saturated heterocycles. The molecule has 0 aliphatic rings. The Morgan fingerprint density at radius 3 is 2.85 bits per heavy atom. The van der Waals surface area contributed by atoms with E-state index in [1.807, 2.05) is 12.1 Å². The van der Waals surface area contributed by atoms with Crippen LogP contribution < -0.4 is 0 Å². The number of hydrogen-bond donors (Lipinski definition) is 1. The zero-order valence-electron chi connectivity index (χ0n) is 6.55. The van der Waals surface area contributed by atoms with Gasteiger partial charge < -0.3 is 5.11 Å². The monoisotopic (exact) mass is 232 g/mol. The first kappa shape index (κ1) is 9.13. The van der Waals surface area contributed by atoms with E-state index in [1.54, 1.807) is 6.07 Å². The number of aromatic hydroxyl groups is 1. The van der Waals surface area contributed by atoms with Crippen LogP contribution in [0.1, 0.15) is 5.56 Å². The molecule has 2 aromatic rings. The fraction of sp³-hybridized carbons (Fsp3) is 0.111. The smallest absolute Gasteiger partial charge is 0.176 e. The van der Waals surface area contributed by atoms with E-state index in [2.05, 4.69) is 0 Å². The van der Waals surface area contributed by atoms with E-state index >= 15 is 0 Å². The van der Waals surface area contributed by atoms with Gasteiger partial charge in [-0.05, 0) is 6.07 Å². The first-order chi connectivity index (χ1) is 6.24. The van der Waals surface area contributed by atoms with Crippen molar-refractivity contribution in [3.8, 4) is 5.06 Å². The van der Waals surface area contributed by atoms with Crippen LogP contribution in [0.4, 0.5) is 0 Å². The fourth-order valence-electron chi connectivity index (χ4n) is 1.25. The van der Waals surface area contributed by atoms with Crippen LogP contribution in [0, 0.1) is 0 Å². The van der Waals surface area contributed by atoms with E-state index in [-0.39, 0.29) is 5.06 Å². The highest BCUT2D eigenvalue weighted by atomic mass is 35.5. The summed E-state index contributed by atoms with van der Waals surface area (Å²) in [4.78, 5) is 0. The number of hydrogen-bond acceptors (Lipinski definition) is 2. The van der Waals surface area contributed by atoms with Crippen LogP contribution in [0.15, 0.2) is 18.2 Å². The van der Waals surface area contributed by atoms with Crippen molar-refractivity contribution in [3.05, 3.63) is 28.8 Å². The highest BCUT2D eigenvalue weighted by Gasteiger charge is 2.11. The minimum atomic E-state index is 0.262. The van der Waals surface area contributed by atoms with Crippen LogP contribution in [0.25, 0.3) is 10.1 Å². The van der Waals surface area contributed by atoms with Crippen molar-refractivity contribution < 1.29 is 5.11 Å². The van der Waals surface area contributed by atoms with Gasteiger partial charge in [-0.15, -0.1) is 11.6 Å². The molecule has 0 radical (unpaired) electrons. The molecule has 0 bridgehead atoms. The number of rotatable bonds is 1. The van der Waals surface area contributed by atoms with Gasteiger partial charge in [0, 0.05) is 10.9 Å². The summed E-state index contributed by atoms with van der Waals surface area (Å²) in [6.45, 7) is 0. The largest absolute Gasteiger partial charge is 0.499 e. The highest BCUT2D eigenvalue weighted by molar-refractivity contribution is 7.21. The van der Waals surface area contributed by atoms with E-state index in [0.29, 0.717) is 10.9 Å². The predicted octanol–water partition coefficient (Wildman–Crippen LogP) is 4.00. The zero-order valence-corrected chi connectivity index (χ0v) is 8.88. The minimum Gasteiger partial charge on any atom is -0.499 e. The van der Waals surface area contributed by atoms with Gasteiger partial charge in [0.15, 0.2) is 5.06 Å². The Hall–Kier alpha value is -0.440. The molecule has 2 rings (SSSR count). The third-order valence-corrected chi connectivity index (χ3v) is 3.66. The summed E-state index contributed by atoms with van der Waals surface area (Å²) >= 11 is 12.9. The second kappa shape index (κ2) is 3.37. The summed E-state index contributed by atoms with van der Waals surface area (Å²) in [5, 5.41) is 11.4. The van der Waals surface area contributed by atoms with Gasteiger partial charge in [0.2, 0.25) is 0 Å². The van der Waals surface area contributed by atoms with Crippen molar-refractivity contribution >= 4 is 44.6 Å². The van der Waals surface area contributed by atoms with Gasteiger partial charge in [-0.1, -0.05) is 35.1 Å². The Bertz CT molecular complexity index is 450. The third-order valence-electron chi connectivity index (χ3n) is 1.88. The van der Waals surface area contributed by atoms with E-state index < -0.39 is 0 Å². The average molecular weight is 233 g/mol. The van der Waals surface area contributed by atoms with Crippen molar-refractivity contribution in [1.82, 2.24) is 0 Å². The van der Waals surface area contributed by atoms with Gasteiger partial charge in [-0.2, -0.15) is 0 Å². The molecule has 0 aliphatic carbocycles. The number of halogens is 2. The molecular formula is C9H6Cl2OS. The molecule has 0 saturated carbocycles. The van der Waals surface area contributed by atoms with Crippen molar-refractivity contribution in [1.29, 1.82) is 0 Å². The van der Waals surface area contributed by atoms with Crippen molar-refractivity contribution in [2.24, 2.45) is 0 Å². The van der Waals surface area contributed by atoms with Gasteiger partial charge in [0.1, 0.15) is 0 Å². The number of alkyl halides is 1. The van der Waals surface area contributed by atoms with E-state index in [9.17, 15) is 5.11 Å². The second-order valence-electron chi connectivity index (χ2n) is 2.64. The summed E-state index contributed by atoms with van der Waals surface area (Å²) in [5.41, 5.74) is 0.768. The maximum atomic E-state index is 9.53. The van der Waals surface area contributed by atoms with E-state index in [0.717, 1.165) is 15.6 Å². The summed E-state index contributed by atoms with van der Waals surface area (Å²) in [6, 6.07) is 5.57. The van der Waals surface area contributed by atoms with Gasteiger partial charge >= 0.3 is 0 Å². The molecule has 0 aliphatic heterocycles. The Morgan fingerprint density at radius 2 is 2.15 bits per heavy atom. The summed E-state index contributed by atoms with van der Waals surface area (Å²) < 4.78 is 0.900. The van der Waals surface area contributed by atoms with Gasteiger partial charge in [-0.25, -0.2) is 0 Å². The van der Waals surface area contributed by atoms with Gasteiger partial charge in [0.05, 0.1) is 15.6 Å². The summed E-state index contributed by atoms with van der Waals surface area (Å²) in [6.07, 6.45) is 0. The van der Waals surface area contributed by atoms with Crippen LogP contribution in [0.3, 0.4) is 0 Å². The molecule has 13 heavy (non-hydrogen) atoms. The Morgan fingerprint density at radius 1 is 1.38 bits per heavy atom. The molecule has 4 heteroatoms. The highest BCUT2D eigenvalue weighted by Crippen LogP contribution is 2.40. The maximum Gasteiger partial charge on any atom is 0.176 e. The molecule has 1 aromatic carbocycles. The first-order valence-corrected chi connectivity index (χ1v) is 5.41. The van der Waals surface area contributed by atoms with Crippen LogP contribution in [-0.4, -0.2) is 5.11 Å². The van der Waals surface area contributed by atoms with Crippen molar-refractivity contribution in [3.63, 3.8) is 0 Å². The Kier molecular flexibility index (Phi) is 2.37. The van der Waals surface area contributed by atoms with Crippen LogP contribution in [-0.2, 0) is 5.88 Å². The van der Waals surface area contributed by atoms with Crippen LogP contribution >= 0.6 is 34.5 Å². The van der Waals surface area contributed by atoms with E-state index in [4.69, 9.17) is 23.2 Å². The molecule has 68 valence electrons. The van der Waals surface area contributed by atoms with Gasteiger partial charge in [0.25, 0.3) is 0 Å². The van der Waals surface area contributed by atoms with Crippen molar-refractivity contribution in [2.45, 2.75) is 5.88 Å². The standard InChI is InChI=1S/C9H6Cl2OS/c10-4-6-5-2-1-3-7(11)8(5)13-9(6)12/h1-3,12H,4H2. The Balaban J connectivity index is 2.86. The third kappa shape index (κ3) is 1.39. The molecule has 0 spiro atoms. The molecule has 0 amide bonds. The lowest BCUT2D eigenvalue weighted by Crippen LogP contribution is -1.73. The summed E-state index contributed by atoms with van der Waals surface area (Å²) in [7, 11) is 0. The molecule has 1 aromatic heterocycles. The van der Waals surface area contributed by atoms with Crippen LogP contribution in [0.5, 0.6) is 5.06 Å². The molecular weight excluding hydrogens is 227 g/mol. The molecule has 1 nitrogen and oxygen atoms in total. The maximum absolute atomic E-state index is 9.53. The predicted molar refractivity (Wildman–Crippen MR) is 58.1 cm³/mol. The molecule has 1 heterocycles. The van der Waals surface area contributed by atoms with Crippen LogP contribution in [0.2, 0.25) is 5.02 Å². The number of thiophene rings is 1. The number of benzene rings is 1. The Labute approximate surface area is 89.5 Å². The second-order valence-corrected chi connectivity index (χ2v) is 4.31. The normalized spacial score (nSPS) is 10.9. The van der Waals surface area contributed by atoms with Crippen molar-refractivity contribution in [2.75, 3.05) is 0 Å². The SMILES string of the molecule is Oc1sc2c(Cl)cccc2c1CCl. The topological polar surface area (TPSA) is 20.2 Å². The molecule has 0 fully saturated rings. The lowest BCUT2D eigenvalue weighted by Gasteiger charge is -1.93. The first-order valence-electron chi connectivity index (χ1n) is 3.69. The molecule has 0 atom stereocenters. The fourth-order valence-corrected chi connectivity index (χ4v) is 2.86. The van der Waals surface area contributed by atoms with Gasteiger partial charge in [-0.3, -0.25) is 0 Å². The quantitative estimate of drug-likeness (QED) is 0.738. The average Bonchev–Trinajstić information content (AvgIpc) is 2.43. The lowest BCUT2D eigenvalue weighted by atomic mass is 10.2. The van der Waals surface area contributed by atoms with E-state index in [1.165, 1.54) is 11.3 Å². The summed E-state index contributed by atoms with van der Waals surface area (Å²) in [5.74, 6) is 0.312.